The fourth-order valence-corrected chi connectivity index (χ4v) is 3.84. The topological polar surface area (TPSA) is 79.6 Å². The van der Waals surface area contributed by atoms with Gasteiger partial charge in [0.1, 0.15) is 6.10 Å². The molecule has 7 heteroatoms. The summed E-state index contributed by atoms with van der Waals surface area (Å²) in [5.41, 5.74) is 2.16. The molecule has 4 rings (SSSR count). The highest BCUT2D eigenvalue weighted by Crippen LogP contribution is 2.36. The van der Waals surface area contributed by atoms with Gasteiger partial charge < -0.3 is 20.1 Å². The van der Waals surface area contributed by atoms with E-state index in [4.69, 9.17) is 9.84 Å². The molecular formula is C20H28N4O3. The van der Waals surface area contributed by atoms with Gasteiger partial charge in [0.2, 0.25) is 0 Å². The van der Waals surface area contributed by atoms with Crippen molar-refractivity contribution >= 4 is 16.8 Å². The molecule has 7 nitrogen and oxygen atoms in total. The summed E-state index contributed by atoms with van der Waals surface area (Å²) in [5.74, 6) is 0.0890. The lowest BCUT2D eigenvalue weighted by Gasteiger charge is -2.34. The third-order valence-electron chi connectivity index (χ3n) is 5.49. The number of hydrogen-bond acceptors (Lipinski definition) is 5. The van der Waals surface area contributed by atoms with E-state index < -0.39 is 0 Å². The van der Waals surface area contributed by atoms with Crippen LogP contribution in [-0.4, -0.2) is 64.1 Å². The number of hydrogen-bond donors (Lipinski definition) is 2. The van der Waals surface area contributed by atoms with Crippen molar-refractivity contribution in [2.45, 2.75) is 50.9 Å². The normalized spacial score (nSPS) is 21.3. The Balaban J connectivity index is 1.59. The van der Waals surface area contributed by atoms with Crippen LogP contribution in [0.1, 0.15) is 37.8 Å². The molecule has 1 aromatic heterocycles. The van der Waals surface area contributed by atoms with Crippen molar-refractivity contribution in [3.8, 4) is 0 Å². The van der Waals surface area contributed by atoms with Gasteiger partial charge in [0.25, 0.3) is 5.91 Å². The van der Waals surface area contributed by atoms with Crippen LogP contribution >= 0.6 is 0 Å². The van der Waals surface area contributed by atoms with Crippen LogP contribution in [0, 0.1) is 0 Å². The summed E-state index contributed by atoms with van der Waals surface area (Å²) in [7, 11) is 0. The number of aromatic nitrogens is 2. The van der Waals surface area contributed by atoms with Crippen LogP contribution < -0.4 is 5.32 Å². The maximum absolute atomic E-state index is 13.1. The molecule has 2 aliphatic rings. The molecule has 27 heavy (non-hydrogen) atoms. The number of amides is 1. The van der Waals surface area contributed by atoms with Crippen LogP contribution in [-0.2, 0) is 16.1 Å². The number of aliphatic hydroxyl groups is 1. The summed E-state index contributed by atoms with van der Waals surface area (Å²) < 4.78 is 7.64. The van der Waals surface area contributed by atoms with Crippen LogP contribution in [0.2, 0.25) is 0 Å². The van der Waals surface area contributed by atoms with Gasteiger partial charge in [0.05, 0.1) is 24.4 Å². The Morgan fingerprint density at radius 3 is 3.04 bits per heavy atom. The van der Waals surface area contributed by atoms with Crippen molar-refractivity contribution < 1.29 is 14.6 Å². The number of benzene rings is 1. The summed E-state index contributed by atoms with van der Waals surface area (Å²) in [6.07, 6.45) is 4.27. The minimum absolute atomic E-state index is 0.0129. The van der Waals surface area contributed by atoms with E-state index in [-0.39, 0.29) is 24.7 Å². The molecule has 1 saturated carbocycles. The maximum atomic E-state index is 13.1. The molecule has 2 aromatic rings. The Hall–Kier alpha value is -1.96. The number of fused-ring (bicyclic) bond motifs is 1. The molecule has 2 atom stereocenters. The van der Waals surface area contributed by atoms with E-state index in [9.17, 15) is 4.79 Å². The summed E-state index contributed by atoms with van der Waals surface area (Å²) in [5, 5.41) is 17.9. The van der Waals surface area contributed by atoms with Gasteiger partial charge in [-0.1, -0.05) is 12.1 Å². The van der Waals surface area contributed by atoms with E-state index >= 15 is 0 Å². The van der Waals surface area contributed by atoms with E-state index in [0.717, 1.165) is 35.9 Å². The summed E-state index contributed by atoms with van der Waals surface area (Å²) in [4.78, 5) is 15.2. The molecule has 1 aromatic carbocycles. The number of aliphatic hydroxyl groups excluding tert-OH is 1. The van der Waals surface area contributed by atoms with Crippen molar-refractivity contribution in [2.24, 2.45) is 0 Å². The van der Waals surface area contributed by atoms with Gasteiger partial charge in [-0.15, -0.1) is 0 Å². The molecule has 0 unspecified atom stereocenters. The van der Waals surface area contributed by atoms with E-state index in [1.165, 1.54) is 0 Å². The highest BCUT2D eigenvalue weighted by Gasteiger charge is 2.39. The number of carbonyl (C=O) groups is 1. The lowest BCUT2D eigenvalue weighted by Crippen LogP contribution is -2.50. The smallest absolute Gasteiger partial charge is 0.253 e. The second-order valence-electron chi connectivity index (χ2n) is 7.48. The van der Waals surface area contributed by atoms with Crippen molar-refractivity contribution in [3.05, 3.63) is 30.0 Å². The lowest BCUT2D eigenvalue weighted by molar-refractivity contribution is -0.148. The predicted octanol–water partition coefficient (Wildman–Crippen LogP) is 1.46. The molecule has 2 heterocycles. The molecule has 1 amide bonds. The molecule has 2 N–H and O–H groups in total. The molecule has 1 saturated heterocycles. The zero-order valence-electron chi connectivity index (χ0n) is 15.8. The SMILES string of the molecule is C[C@@H](c1ccc2cnn(CCCO)c2c1)N(C(=O)[C@H]1CNCCO1)C1CC1. The third kappa shape index (κ3) is 3.85. The average molecular weight is 372 g/mol. The Morgan fingerprint density at radius 1 is 1.48 bits per heavy atom. The third-order valence-corrected chi connectivity index (χ3v) is 5.49. The van der Waals surface area contributed by atoms with Crippen molar-refractivity contribution in [3.63, 3.8) is 0 Å². The Bertz CT molecular complexity index is 796. The van der Waals surface area contributed by atoms with E-state index in [1.54, 1.807) is 0 Å². The fourth-order valence-electron chi connectivity index (χ4n) is 3.84. The van der Waals surface area contributed by atoms with Gasteiger partial charge in [-0.25, -0.2) is 0 Å². The zero-order valence-corrected chi connectivity index (χ0v) is 15.8. The van der Waals surface area contributed by atoms with Crippen molar-refractivity contribution in [1.29, 1.82) is 0 Å². The first-order chi connectivity index (χ1) is 13.2. The monoisotopic (exact) mass is 372 g/mol. The Labute approximate surface area is 159 Å². The number of morpholine rings is 1. The van der Waals surface area contributed by atoms with Gasteiger partial charge in [0.15, 0.2) is 0 Å². The Kier molecular flexibility index (Phi) is 5.43. The first kappa shape index (κ1) is 18.4. The minimum Gasteiger partial charge on any atom is -0.396 e. The molecule has 1 aliphatic carbocycles. The highest BCUT2D eigenvalue weighted by molar-refractivity contribution is 5.83. The maximum Gasteiger partial charge on any atom is 0.253 e. The zero-order chi connectivity index (χ0) is 18.8. The number of nitrogens with zero attached hydrogens (tertiary/aromatic N) is 3. The Morgan fingerprint density at radius 2 is 2.33 bits per heavy atom. The van der Waals surface area contributed by atoms with Crippen LogP contribution in [0.5, 0.6) is 0 Å². The van der Waals surface area contributed by atoms with Gasteiger partial charge in [0, 0.05) is 37.7 Å². The van der Waals surface area contributed by atoms with Crippen LogP contribution in [0.15, 0.2) is 24.4 Å². The van der Waals surface area contributed by atoms with E-state index in [2.05, 4.69) is 35.5 Å². The molecule has 0 radical (unpaired) electrons. The summed E-state index contributed by atoms with van der Waals surface area (Å²) in [6, 6.07) is 6.59. The summed E-state index contributed by atoms with van der Waals surface area (Å²) >= 11 is 0. The fraction of sp³-hybridized carbons (Fsp3) is 0.600. The second-order valence-corrected chi connectivity index (χ2v) is 7.48. The van der Waals surface area contributed by atoms with Gasteiger partial charge in [-0.05, 0) is 37.8 Å². The predicted molar refractivity (Wildman–Crippen MR) is 102 cm³/mol. The molecule has 146 valence electrons. The van der Waals surface area contributed by atoms with Gasteiger partial charge >= 0.3 is 0 Å². The molecule has 1 aliphatic heterocycles. The number of aryl methyl sites for hydroxylation is 1. The molecular weight excluding hydrogens is 344 g/mol. The van der Waals surface area contributed by atoms with Crippen molar-refractivity contribution in [2.75, 3.05) is 26.3 Å². The van der Waals surface area contributed by atoms with Crippen molar-refractivity contribution in [1.82, 2.24) is 20.0 Å². The number of nitrogens with one attached hydrogen (secondary N) is 1. The number of ether oxygens (including phenoxy) is 1. The van der Waals surface area contributed by atoms with Crippen LogP contribution in [0.3, 0.4) is 0 Å². The van der Waals surface area contributed by atoms with Crippen LogP contribution in [0.4, 0.5) is 0 Å². The standard InChI is InChI=1S/C20H28N4O3/c1-14(24(17-5-6-17)20(26)19-13-21-7-10-27-19)15-3-4-16-12-22-23(8-2-9-25)18(16)11-15/h3-4,11-12,14,17,19,21,25H,2,5-10,13H2,1H3/t14-,19+/m0/s1. The van der Waals surface area contributed by atoms with E-state index in [0.29, 0.717) is 32.2 Å². The van der Waals surface area contributed by atoms with Crippen LogP contribution in [0.25, 0.3) is 10.9 Å². The van der Waals surface area contributed by atoms with Gasteiger partial charge in [-0.3, -0.25) is 9.48 Å². The first-order valence-corrected chi connectivity index (χ1v) is 9.90. The summed E-state index contributed by atoms with van der Waals surface area (Å²) in [6.45, 7) is 4.90. The second kappa shape index (κ2) is 7.96. The average Bonchev–Trinajstić information content (AvgIpc) is 3.46. The van der Waals surface area contributed by atoms with E-state index in [1.807, 2.05) is 15.8 Å². The first-order valence-electron chi connectivity index (χ1n) is 9.90. The minimum atomic E-state index is -0.388. The number of carbonyl (C=O) groups excluding carboxylic acids is 1. The molecule has 0 bridgehead atoms. The number of rotatable bonds is 7. The largest absolute Gasteiger partial charge is 0.396 e. The molecule has 2 fully saturated rings. The lowest BCUT2D eigenvalue weighted by atomic mass is 10.0. The van der Waals surface area contributed by atoms with Gasteiger partial charge in [-0.2, -0.15) is 5.10 Å². The highest BCUT2D eigenvalue weighted by atomic mass is 16.5. The molecule has 0 spiro atoms. The quantitative estimate of drug-likeness (QED) is 0.769.